The molecule has 0 aliphatic heterocycles. The molecule has 4 heteroatoms. The van der Waals surface area contributed by atoms with E-state index in [1.807, 2.05) is 0 Å². The Balaban J connectivity index is 2.76. The fraction of sp³-hybridized carbons (Fsp3) is 0.167. The van der Waals surface area contributed by atoms with Gasteiger partial charge in [-0.05, 0) is 23.8 Å². The summed E-state index contributed by atoms with van der Waals surface area (Å²) in [5.74, 6) is -0.200. The molecule has 0 unspecified atom stereocenters. The van der Waals surface area contributed by atoms with Gasteiger partial charge in [0.15, 0.2) is 11.6 Å². The van der Waals surface area contributed by atoms with Crippen molar-refractivity contribution in [1.82, 2.24) is 0 Å². The summed E-state index contributed by atoms with van der Waals surface area (Å²) in [5.41, 5.74) is 0.925. The lowest BCUT2D eigenvalue weighted by molar-refractivity contribution is 0.0989. The summed E-state index contributed by atoms with van der Waals surface area (Å²) >= 11 is 0. The highest BCUT2D eigenvalue weighted by molar-refractivity contribution is 6.23. The van der Waals surface area contributed by atoms with Crippen molar-refractivity contribution >= 4 is 11.6 Å². The zero-order valence-corrected chi connectivity index (χ0v) is 8.69. The van der Waals surface area contributed by atoms with Crippen LogP contribution in [0.2, 0.25) is 0 Å². The number of hydrogen-bond acceptors (Lipinski definition) is 4. The second kappa shape index (κ2) is 3.90. The van der Waals surface area contributed by atoms with Crippen molar-refractivity contribution in [2.75, 3.05) is 7.11 Å². The predicted octanol–water partition coefficient (Wildman–Crippen LogP) is 1.12. The third-order valence-corrected chi connectivity index (χ3v) is 2.52. The molecule has 1 aromatic carbocycles. The van der Waals surface area contributed by atoms with Crippen LogP contribution in [0.3, 0.4) is 0 Å². The van der Waals surface area contributed by atoms with E-state index >= 15 is 0 Å². The molecule has 4 nitrogen and oxygen atoms in total. The van der Waals surface area contributed by atoms with Crippen LogP contribution in [0, 0.1) is 0 Å². The molecule has 0 bridgehead atoms. The van der Waals surface area contributed by atoms with E-state index in [2.05, 4.69) is 0 Å². The molecule has 1 aliphatic rings. The van der Waals surface area contributed by atoms with Crippen molar-refractivity contribution in [3.05, 3.63) is 41.0 Å². The summed E-state index contributed by atoms with van der Waals surface area (Å²) in [4.78, 5) is 23.4. The number of methoxy groups -OCH3 is 1. The number of ketones is 2. The van der Waals surface area contributed by atoms with Crippen LogP contribution in [0.4, 0.5) is 0 Å². The van der Waals surface area contributed by atoms with Gasteiger partial charge < -0.3 is 9.84 Å². The predicted molar refractivity (Wildman–Crippen MR) is 56.7 cm³/mol. The van der Waals surface area contributed by atoms with Gasteiger partial charge in [0.2, 0.25) is 0 Å². The van der Waals surface area contributed by atoms with E-state index in [9.17, 15) is 9.59 Å². The van der Waals surface area contributed by atoms with E-state index in [0.717, 1.165) is 0 Å². The maximum absolute atomic E-state index is 11.7. The Bertz CT molecular complexity index is 455. The molecule has 0 fully saturated rings. The smallest absolute Gasteiger partial charge is 0.190 e. The van der Waals surface area contributed by atoms with E-state index in [4.69, 9.17) is 9.84 Å². The summed E-state index contributed by atoms with van der Waals surface area (Å²) < 4.78 is 5.04. The van der Waals surface area contributed by atoms with E-state index in [-0.39, 0.29) is 29.3 Å². The zero-order valence-electron chi connectivity index (χ0n) is 8.69. The van der Waals surface area contributed by atoms with E-state index in [1.165, 1.54) is 19.3 Å². The Hall–Kier alpha value is -1.94. The number of allylic oxidation sites excluding steroid dienone is 2. The fourth-order valence-electron chi connectivity index (χ4n) is 1.77. The minimum absolute atomic E-state index is 0.238. The number of aliphatic hydroxyl groups is 1. The fourth-order valence-corrected chi connectivity index (χ4v) is 1.77. The van der Waals surface area contributed by atoms with Gasteiger partial charge in [-0.2, -0.15) is 0 Å². The SMILES string of the molecule is COc1ccc(CO)c2c1C(=O)C=CC2=O. The third kappa shape index (κ3) is 1.44. The topological polar surface area (TPSA) is 63.6 Å². The van der Waals surface area contributed by atoms with E-state index in [1.54, 1.807) is 12.1 Å². The molecule has 0 heterocycles. The second-order valence-corrected chi connectivity index (χ2v) is 3.40. The molecule has 0 radical (unpaired) electrons. The van der Waals surface area contributed by atoms with Gasteiger partial charge in [-0.15, -0.1) is 0 Å². The summed E-state index contributed by atoms with van der Waals surface area (Å²) in [7, 11) is 1.43. The number of ether oxygens (including phenoxy) is 1. The largest absolute Gasteiger partial charge is 0.496 e. The standard InChI is InChI=1S/C12H10O4/c1-16-10-5-2-7(6-13)11-8(14)3-4-9(15)12(10)11/h2-5,13H,6H2,1H3. The van der Waals surface area contributed by atoms with Gasteiger partial charge in [-0.1, -0.05) is 6.07 Å². The van der Waals surface area contributed by atoms with Gasteiger partial charge in [-0.25, -0.2) is 0 Å². The first kappa shape index (κ1) is 10.6. The monoisotopic (exact) mass is 218 g/mol. The van der Waals surface area contributed by atoms with Gasteiger partial charge in [0.25, 0.3) is 0 Å². The number of rotatable bonds is 2. The van der Waals surface area contributed by atoms with Crippen LogP contribution in [-0.4, -0.2) is 23.8 Å². The van der Waals surface area contributed by atoms with E-state index in [0.29, 0.717) is 11.3 Å². The quantitative estimate of drug-likeness (QED) is 0.808. The number of hydrogen-bond donors (Lipinski definition) is 1. The Kier molecular flexibility index (Phi) is 2.58. The maximum Gasteiger partial charge on any atom is 0.190 e. The van der Waals surface area contributed by atoms with Crippen molar-refractivity contribution in [2.24, 2.45) is 0 Å². The van der Waals surface area contributed by atoms with Crippen LogP contribution >= 0.6 is 0 Å². The Morgan fingerprint density at radius 2 is 1.75 bits per heavy atom. The van der Waals surface area contributed by atoms with Crippen molar-refractivity contribution in [3.63, 3.8) is 0 Å². The Morgan fingerprint density at radius 3 is 2.31 bits per heavy atom. The Labute approximate surface area is 92.2 Å². The summed E-state index contributed by atoms with van der Waals surface area (Å²) in [6, 6.07) is 3.16. The highest BCUT2D eigenvalue weighted by Crippen LogP contribution is 2.29. The molecule has 0 aromatic heterocycles. The minimum atomic E-state index is -0.280. The number of benzene rings is 1. The molecule has 1 N–H and O–H groups in total. The summed E-state index contributed by atoms with van der Waals surface area (Å²) in [6.45, 7) is -0.279. The molecule has 2 rings (SSSR count). The lowest BCUT2D eigenvalue weighted by Gasteiger charge is -2.15. The van der Waals surface area contributed by atoms with Gasteiger partial charge in [0, 0.05) is 5.56 Å². The lowest BCUT2D eigenvalue weighted by atomic mass is 9.90. The molecule has 0 atom stereocenters. The lowest BCUT2D eigenvalue weighted by Crippen LogP contribution is -2.15. The van der Waals surface area contributed by atoms with Crippen molar-refractivity contribution < 1.29 is 19.4 Å². The number of carbonyl (C=O) groups is 2. The molecule has 0 amide bonds. The first-order valence-electron chi connectivity index (χ1n) is 4.76. The molecule has 0 spiro atoms. The highest BCUT2D eigenvalue weighted by atomic mass is 16.5. The Morgan fingerprint density at radius 1 is 1.12 bits per heavy atom. The molecule has 1 aliphatic carbocycles. The third-order valence-electron chi connectivity index (χ3n) is 2.52. The van der Waals surface area contributed by atoms with Crippen LogP contribution in [0.5, 0.6) is 5.75 Å². The van der Waals surface area contributed by atoms with Crippen LogP contribution < -0.4 is 4.74 Å². The molecular weight excluding hydrogens is 208 g/mol. The molecular formula is C12H10O4. The normalized spacial score (nSPS) is 13.9. The first-order chi connectivity index (χ1) is 7.69. The van der Waals surface area contributed by atoms with Crippen molar-refractivity contribution in [3.8, 4) is 5.75 Å². The highest BCUT2D eigenvalue weighted by Gasteiger charge is 2.25. The molecule has 0 saturated heterocycles. The van der Waals surface area contributed by atoms with Gasteiger partial charge >= 0.3 is 0 Å². The van der Waals surface area contributed by atoms with Gasteiger partial charge in [0.1, 0.15) is 5.75 Å². The maximum atomic E-state index is 11.7. The van der Waals surface area contributed by atoms with Crippen molar-refractivity contribution in [2.45, 2.75) is 6.61 Å². The van der Waals surface area contributed by atoms with Crippen molar-refractivity contribution in [1.29, 1.82) is 0 Å². The molecule has 1 aromatic rings. The number of aliphatic hydroxyl groups excluding tert-OH is 1. The average molecular weight is 218 g/mol. The van der Waals surface area contributed by atoms with Gasteiger partial charge in [-0.3, -0.25) is 9.59 Å². The van der Waals surface area contributed by atoms with Gasteiger partial charge in [0.05, 0.1) is 19.3 Å². The molecule has 0 saturated carbocycles. The molecule has 82 valence electrons. The summed E-state index contributed by atoms with van der Waals surface area (Å²) in [6.07, 6.45) is 2.43. The van der Waals surface area contributed by atoms with Crippen LogP contribution in [0.25, 0.3) is 0 Å². The second-order valence-electron chi connectivity index (χ2n) is 3.40. The van der Waals surface area contributed by atoms with E-state index < -0.39 is 0 Å². The number of fused-ring (bicyclic) bond motifs is 1. The van der Waals surface area contributed by atoms with Crippen LogP contribution in [-0.2, 0) is 6.61 Å². The minimum Gasteiger partial charge on any atom is -0.496 e. The average Bonchev–Trinajstić information content (AvgIpc) is 2.32. The first-order valence-corrected chi connectivity index (χ1v) is 4.76. The summed E-state index contributed by atoms with van der Waals surface area (Å²) in [5, 5.41) is 9.13. The number of carbonyl (C=O) groups excluding carboxylic acids is 2. The zero-order chi connectivity index (χ0) is 11.7. The van der Waals surface area contributed by atoms with Crippen LogP contribution in [0.1, 0.15) is 26.3 Å². The molecule has 16 heavy (non-hydrogen) atoms. The van der Waals surface area contributed by atoms with Crippen LogP contribution in [0.15, 0.2) is 24.3 Å².